The first-order valence-electron chi connectivity index (χ1n) is 7.27. The van der Waals surface area contributed by atoms with E-state index in [0.29, 0.717) is 11.5 Å². The van der Waals surface area contributed by atoms with Crippen molar-refractivity contribution in [2.75, 3.05) is 7.11 Å². The molecule has 1 amide bonds. The molecule has 0 unspecified atom stereocenters. The summed E-state index contributed by atoms with van der Waals surface area (Å²) in [7, 11) is 1.57. The van der Waals surface area contributed by atoms with Crippen LogP contribution in [0.3, 0.4) is 0 Å². The molecule has 116 valence electrons. The Labute approximate surface area is 131 Å². The lowest BCUT2D eigenvalue weighted by Crippen LogP contribution is -2.37. The van der Waals surface area contributed by atoms with E-state index >= 15 is 0 Å². The third-order valence-corrected chi connectivity index (χ3v) is 3.40. The number of ether oxygens (including phenoxy) is 2. The van der Waals surface area contributed by atoms with E-state index in [9.17, 15) is 4.79 Å². The molecule has 2 aromatic carbocycles. The van der Waals surface area contributed by atoms with Gasteiger partial charge in [0.15, 0.2) is 17.6 Å². The summed E-state index contributed by atoms with van der Waals surface area (Å²) >= 11 is 0. The van der Waals surface area contributed by atoms with Crippen LogP contribution in [0.4, 0.5) is 0 Å². The first-order valence-corrected chi connectivity index (χ1v) is 7.27. The highest BCUT2D eigenvalue weighted by atomic mass is 16.5. The van der Waals surface area contributed by atoms with Crippen LogP contribution in [0.2, 0.25) is 0 Å². The Kier molecular flexibility index (Phi) is 5.42. The lowest BCUT2D eigenvalue weighted by molar-refractivity contribution is -0.127. The van der Waals surface area contributed by atoms with Crippen molar-refractivity contribution >= 4 is 5.91 Å². The summed E-state index contributed by atoms with van der Waals surface area (Å²) in [5.74, 6) is 1.00. The lowest BCUT2D eigenvalue weighted by atomic mass is 10.1. The molecule has 2 atom stereocenters. The zero-order chi connectivity index (χ0) is 15.9. The molecule has 0 aliphatic rings. The van der Waals surface area contributed by atoms with Gasteiger partial charge in [0.1, 0.15) is 0 Å². The summed E-state index contributed by atoms with van der Waals surface area (Å²) in [6.07, 6.45) is -0.609. The number of methoxy groups -OCH3 is 1. The number of hydrogen-bond acceptors (Lipinski definition) is 3. The molecule has 0 aromatic heterocycles. The van der Waals surface area contributed by atoms with Crippen LogP contribution >= 0.6 is 0 Å². The molecule has 22 heavy (non-hydrogen) atoms. The maximum absolute atomic E-state index is 12.3. The summed E-state index contributed by atoms with van der Waals surface area (Å²) in [6.45, 7) is 3.67. The second kappa shape index (κ2) is 7.50. The molecule has 0 aliphatic carbocycles. The standard InChI is InChI=1S/C18H21NO3/c1-13(15-9-5-4-6-10-15)19-18(20)14(2)22-17-12-8-7-11-16(17)21-3/h4-14H,1-3H3,(H,19,20)/t13-,14+/m1/s1. The highest BCUT2D eigenvalue weighted by Gasteiger charge is 2.18. The van der Waals surface area contributed by atoms with Gasteiger partial charge < -0.3 is 14.8 Å². The molecule has 0 spiro atoms. The number of carbonyl (C=O) groups excluding carboxylic acids is 1. The van der Waals surface area contributed by atoms with E-state index in [4.69, 9.17) is 9.47 Å². The molecule has 2 rings (SSSR count). The zero-order valence-electron chi connectivity index (χ0n) is 13.1. The van der Waals surface area contributed by atoms with Gasteiger partial charge in [-0.1, -0.05) is 42.5 Å². The van der Waals surface area contributed by atoms with Crippen LogP contribution in [0.5, 0.6) is 11.5 Å². The summed E-state index contributed by atoms with van der Waals surface area (Å²) in [5.41, 5.74) is 1.06. The fraction of sp³-hybridized carbons (Fsp3) is 0.278. The van der Waals surface area contributed by atoms with Gasteiger partial charge >= 0.3 is 0 Å². The Morgan fingerprint density at radius 2 is 1.55 bits per heavy atom. The third kappa shape index (κ3) is 4.01. The Morgan fingerprint density at radius 1 is 0.955 bits per heavy atom. The van der Waals surface area contributed by atoms with E-state index in [0.717, 1.165) is 5.56 Å². The van der Waals surface area contributed by atoms with Crippen molar-refractivity contribution < 1.29 is 14.3 Å². The smallest absolute Gasteiger partial charge is 0.261 e. The van der Waals surface area contributed by atoms with Crippen molar-refractivity contribution in [2.24, 2.45) is 0 Å². The van der Waals surface area contributed by atoms with E-state index in [2.05, 4.69) is 5.32 Å². The normalized spacial score (nSPS) is 13.0. The zero-order valence-corrected chi connectivity index (χ0v) is 13.1. The van der Waals surface area contributed by atoms with Crippen LogP contribution in [0.1, 0.15) is 25.5 Å². The molecule has 0 bridgehead atoms. The van der Waals surface area contributed by atoms with Crippen LogP contribution in [0.15, 0.2) is 54.6 Å². The van der Waals surface area contributed by atoms with Gasteiger partial charge in [-0.25, -0.2) is 0 Å². The van der Waals surface area contributed by atoms with E-state index in [-0.39, 0.29) is 11.9 Å². The molecule has 0 aliphatic heterocycles. The van der Waals surface area contributed by atoms with Crippen molar-refractivity contribution in [3.05, 3.63) is 60.2 Å². The van der Waals surface area contributed by atoms with E-state index in [1.807, 2.05) is 49.4 Å². The molecule has 0 fully saturated rings. The molecular weight excluding hydrogens is 278 g/mol. The van der Waals surface area contributed by atoms with Gasteiger partial charge in [-0.15, -0.1) is 0 Å². The Hall–Kier alpha value is -2.49. The van der Waals surface area contributed by atoms with Gasteiger partial charge in [-0.05, 0) is 31.5 Å². The quantitative estimate of drug-likeness (QED) is 0.890. The van der Waals surface area contributed by atoms with Crippen molar-refractivity contribution in [1.29, 1.82) is 0 Å². The fourth-order valence-electron chi connectivity index (χ4n) is 2.12. The van der Waals surface area contributed by atoms with Gasteiger partial charge in [0, 0.05) is 0 Å². The molecule has 2 aromatic rings. The van der Waals surface area contributed by atoms with Gasteiger partial charge in [0.25, 0.3) is 5.91 Å². The lowest BCUT2D eigenvalue weighted by Gasteiger charge is -2.20. The monoisotopic (exact) mass is 299 g/mol. The van der Waals surface area contributed by atoms with Crippen molar-refractivity contribution in [3.8, 4) is 11.5 Å². The molecule has 0 saturated heterocycles. The maximum Gasteiger partial charge on any atom is 0.261 e. The molecule has 0 radical (unpaired) electrons. The third-order valence-electron chi connectivity index (χ3n) is 3.40. The first kappa shape index (κ1) is 15.9. The van der Waals surface area contributed by atoms with Crippen LogP contribution in [-0.2, 0) is 4.79 Å². The summed E-state index contributed by atoms with van der Waals surface area (Å²) in [4.78, 5) is 12.3. The topological polar surface area (TPSA) is 47.6 Å². The Bertz CT molecular complexity index is 613. The van der Waals surface area contributed by atoms with Crippen LogP contribution in [-0.4, -0.2) is 19.1 Å². The summed E-state index contributed by atoms with van der Waals surface area (Å²) in [5, 5.41) is 2.95. The predicted molar refractivity (Wildman–Crippen MR) is 86.1 cm³/mol. The van der Waals surface area contributed by atoms with Crippen molar-refractivity contribution in [1.82, 2.24) is 5.32 Å². The highest BCUT2D eigenvalue weighted by Crippen LogP contribution is 2.26. The molecule has 0 saturated carbocycles. The van der Waals surface area contributed by atoms with Crippen LogP contribution in [0, 0.1) is 0 Å². The number of hydrogen-bond donors (Lipinski definition) is 1. The predicted octanol–water partition coefficient (Wildman–Crippen LogP) is 3.34. The second-order valence-corrected chi connectivity index (χ2v) is 5.05. The van der Waals surface area contributed by atoms with E-state index in [1.165, 1.54) is 0 Å². The minimum Gasteiger partial charge on any atom is -0.493 e. The Morgan fingerprint density at radius 3 is 2.18 bits per heavy atom. The van der Waals surface area contributed by atoms with Crippen molar-refractivity contribution in [2.45, 2.75) is 26.0 Å². The molecular formula is C18H21NO3. The average Bonchev–Trinajstić information content (AvgIpc) is 2.56. The average molecular weight is 299 g/mol. The number of carbonyl (C=O) groups is 1. The van der Waals surface area contributed by atoms with Gasteiger partial charge in [-0.3, -0.25) is 4.79 Å². The van der Waals surface area contributed by atoms with E-state index in [1.54, 1.807) is 26.2 Å². The first-order chi connectivity index (χ1) is 10.6. The second-order valence-electron chi connectivity index (χ2n) is 5.05. The van der Waals surface area contributed by atoms with Gasteiger partial charge in [0.05, 0.1) is 13.2 Å². The largest absolute Gasteiger partial charge is 0.493 e. The summed E-state index contributed by atoms with van der Waals surface area (Å²) < 4.78 is 10.9. The molecule has 1 N–H and O–H groups in total. The van der Waals surface area contributed by atoms with E-state index < -0.39 is 6.10 Å². The highest BCUT2D eigenvalue weighted by molar-refractivity contribution is 5.81. The molecule has 4 heteroatoms. The van der Waals surface area contributed by atoms with Crippen LogP contribution in [0.25, 0.3) is 0 Å². The number of amides is 1. The number of para-hydroxylation sites is 2. The Balaban J connectivity index is 1.97. The molecule has 4 nitrogen and oxygen atoms in total. The minimum atomic E-state index is -0.609. The summed E-state index contributed by atoms with van der Waals surface area (Å²) in [6, 6.07) is 17.0. The minimum absolute atomic E-state index is 0.0718. The van der Waals surface area contributed by atoms with Gasteiger partial charge in [-0.2, -0.15) is 0 Å². The van der Waals surface area contributed by atoms with Crippen molar-refractivity contribution in [3.63, 3.8) is 0 Å². The molecule has 0 heterocycles. The number of rotatable bonds is 6. The number of benzene rings is 2. The number of nitrogens with one attached hydrogen (secondary N) is 1. The fourth-order valence-corrected chi connectivity index (χ4v) is 2.12. The van der Waals surface area contributed by atoms with Gasteiger partial charge in [0.2, 0.25) is 0 Å². The van der Waals surface area contributed by atoms with Crippen LogP contribution < -0.4 is 14.8 Å². The maximum atomic E-state index is 12.3. The SMILES string of the molecule is COc1ccccc1O[C@@H](C)C(=O)N[C@H](C)c1ccccc1.